The van der Waals surface area contributed by atoms with Gasteiger partial charge in [0, 0.05) is 24.0 Å². The van der Waals surface area contributed by atoms with Crippen LogP contribution in [0.5, 0.6) is 0 Å². The second-order valence-electron chi connectivity index (χ2n) is 12.0. The molecule has 5 heteroatoms. The number of benzene rings is 4. The number of nitrogens with two attached hydrogens (primary N) is 1. The van der Waals surface area contributed by atoms with Gasteiger partial charge in [-0.05, 0) is 98.5 Å². The van der Waals surface area contributed by atoms with Crippen molar-refractivity contribution in [3.8, 4) is 11.3 Å². The van der Waals surface area contributed by atoms with E-state index in [4.69, 9.17) is 10.2 Å². The molecule has 1 amide bonds. The van der Waals surface area contributed by atoms with Gasteiger partial charge < -0.3 is 20.4 Å². The number of hydrogen-bond donors (Lipinski definition) is 2. The molecule has 1 aliphatic heterocycles. The van der Waals surface area contributed by atoms with Crippen LogP contribution in [0.15, 0.2) is 89.3 Å². The molecule has 0 radical (unpaired) electrons. The third-order valence-corrected chi connectivity index (χ3v) is 8.83. The van der Waals surface area contributed by atoms with Gasteiger partial charge in [-0.15, -0.1) is 0 Å². The molecular formula is C38H41N3O2. The van der Waals surface area contributed by atoms with Gasteiger partial charge in [-0.2, -0.15) is 0 Å². The number of amides is 1. The zero-order valence-electron chi connectivity index (χ0n) is 25.6. The average molecular weight is 572 g/mol. The van der Waals surface area contributed by atoms with Crippen LogP contribution in [0.25, 0.3) is 22.3 Å². The Bertz CT molecular complexity index is 1720. The minimum absolute atomic E-state index is 0.00141. The van der Waals surface area contributed by atoms with Crippen LogP contribution in [0.2, 0.25) is 0 Å². The third-order valence-electron chi connectivity index (χ3n) is 8.83. The summed E-state index contributed by atoms with van der Waals surface area (Å²) in [5, 5.41) is 4.75. The molecule has 0 saturated heterocycles. The number of furan rings is 1. The first-order valence-electron chi connectivity index (χ1n) is 15.4. The Kier molecular flexibility index (Phi) is 8.09. The van der Waals surface area contributed by atoms with E-state index < -0.39 is 6.04 Å². The Morgan fingerprint density at radius 3 is 2.40 bits per heavy atom. The summed E-state index contributed by atoms with van der Waals surface area (Å²) < 4.78 is 6.39. The number of para-hydroxylation sites is 1. The molecular weight excluding hydrogens is 530 g/mol. The lowest BCUT2D eigenvalue weighted by Gasteiger charge is -2.38. The maximum absolute atomic E-state index is 14.1. The van der Waals surface area contributed by atoms with Crippen LogP contribution >= 0.6 is 0 Å². The van der Waals surface area contributed by atoms with Crippen LogP contribution in [0, 0.1) is 20.8 Å². The van der Waals surface area contributed by atoms with Gasteiger partial charge in [0.2, 0.25) is 5.91 Å². The molecule has 0 saturated carbocycles. The molecule has 4 aromatic carbocycles. The van der Waals surface area contributed by atoms with Gasteiger partial charge in [0.05, 0.1) is 17.8 Å². The van der Waals surface area contributed by atoms with Gasteiger partial charge in [0.1, 0.15) is 11.3 Å². The van der Waals surface area contributed by atoms with E-state index >= 15 is 0 Å². The molecule has 2 atom stereocenters. The van der Waals surface area contributed by atoms with E-state index in [1.807, 2.05) is 29.2 Å². The number of nitrogens with zero attached hydrogens (tertiary/aromatic N) is 1. The highest BCUT2D eigenvalue weighted by molar-refractivity contribution is 5.88. The molecule has 0 aliphatic carbocycles. The number of hydrogen-bond acceptors (Lipinski definition) is 4. The first kappa shape index (κ1) is 28.8. The Morgan fingerprint density at radius 1 is 0.953 bits per heavy atom. The fraction of sp³-hybridized carbons (Fsp3) is 0.289. The molecule has 0 fully saturated rings. The number of carbonyl (C=O) groups excluding carboxylic acids is 1. The Balaban J connectivity index is 1.39. The summed E-state index contributed by atoms with van der Waals surface area (Å²) in [5.41, 5.74) is 18.0. The Labute approximate surface area is 254 Å². The maximum atomic E-state index is 14.1. The predicted octanol–water partition coefficient (Wildman–Crippen LogP) is 7.89. The third kappa shape index (κ3) is 5.82. The molecule has 1 aliphatic rings. The van der Waals surface area contributed by atoms with Gasteiger partial charge in [-0.25, -0.2) is 0 Å². The quantitative estimate of drug-likeness (QED) is 0.199. The molecule has 5 nitrogen and oxygen atoms in total. The monoisotopic (exact) mass is 571 g/mol. The fourth-order valence-corrected chi connectivity index (χ4v) is 6.82. The first-order chi connectivity index (χ1) is 20.8. The standard InChI is InChI=1S/C38H41N3O2/c1-5-41(38(42)33(39)23-30-25(3)17-24(2)18-26(30)4)34-15-16-40-37-31(34)20-28(19-27-11-7-6-8-12-27)21-32(37)36-22-29-13-9-10-14-35(29)43-36/h6-14,17-18,20-22,33-34,40H,5,15-16,19,23,39H2,1-4H3. The van der Waals surface area contributed by atoms with E-state index in [-0.39, 0.29) is 11.9 Å². The molecule has 1 aromatic heterocycles. The topological polar surface area (TPSA) is 71.5 Å². The van der Waals surface area contributed by atoms with Crippen molar-refractivity contribution >= 4 is 22.6 Å². The lowest BCUT2D eigenvalue weighted by Crippen LogP contribution is -2.47. The Hall–Kier alpha value is -4.35. The number of fused-ring (bicyclic) bond motifs is 2. The van der Waals surface area contributed by atoms with Crippen molar-refractivity contribution in [3.05, 3.63) is 124 Å². The van der Waals surface area contributed by atoms with E-state index in [1.165, 1.54) is 33.4 Å². The smallest absolute Gasteiger partial charge is 0.240 e. The summed E-state index contributed by atoms with van der Waals surface area (Å²) in [6.07, 6.45) is 2.14. The molecule has 3 N–H and O–H groups in total. The van der Waals surface area contributed by atoms with Crippen LogP contribution in [-0.2, 0) is 17.6 Å². The Morgan fingerprint density at radius 2 is 1.67 bits per heavy atom. The highest BCUT2D eigenvalue weighted by Crippen LogP contribution is 2.43. The summed E-state index contributed by atoms with van der Waals surface area (Å²) >= 11 is 0. The van der Waals surface area contributed by atoms with Gasteiger partial charge in [-0.1, -0.05) is 72.3 Å². The second kappa shape index (κ2) is 12.1. The largest absolute Gasteiger partial charge is 0.456 e. The molecule has 0 spiro atoms. The van der Waals surface area contributed by atoms with Gasteiger partial charge in [0.15, 0.2) is 0 Å². The highest BCUT2D eigenvalue weighted by atomic mass is 16.3. The minimum Gasteiger partial charge on any atom is -0.456 e. The lowest BCUT2D eigenvalue weighted by molar-refractivity contribution is -0.135. The minimum atomic E-state index is -0.610. The van der Waals surface area contributed by atoms with Crippen LogP contribution in [-0.4, -0.2) is 29.9 Å². The molecule has 2 unspecified atom stereocenters. The molecule has 6 rings (SSSR count). The molecule has 220 valence electrons. The van der Waals surface area contributed by atoms with E-state index in [0.29, 0.717) is 13.0 Å². The number of rotatable bonds is 8. The van der Waals surface area contributed by atoms with Gasteiger partial charge in [-0.3, -0.25) is 4.79 Å². The summed E-state index contributed by atoms with van der Waals surface area (Å²) in [6, 6.07) is 28.9. The highest BCUT2D eigenvalue weighted by Gasteiger charge is 2.33. The predicted molar refractivity (Wildman–Crippen MR) is 176 cm³/mol. The SMILES string of the molecule is CCN(C(=O)C(N)Cc1c(C)cc(C)cc1C)C1CCNc2c(-c3cc4ccccc4o3)cc(Cc3ccccc3)cc21. The van der Waals surface area contributed by atoms with Crippen molar-refractivity contribution in [3.63, 3.8) is 0 Å². The maximum Gasteiger partial charge on any atom is 0.240 e. The van der Waals surface area contributed by atoms with Gasteiger partial charge in [0.25, 0.3) is 0 Å². The van der Waals surface area contributed by atoms with Crippen molar-refractivity contribution < 1.29 is 9.21 Å². The van der Waals surface area contributed by atoms with E-state index in [2.05, 4.69) is 93.7 Å². The zero-order valence-corrected chi connectivity index (χ0v) is 25.6. The van der Waals surface area contributed by atoms with Crippen LogP contribution < -0.4 is 11.1 Å². The second-order valence-corrected chi connectivity index (χ2v) is 12.0. The summed E-state index contributed by atoms with van der Waals surface area (Å²) in [6.45, 7) is 9.74. The van der Waals surface area contributed by atoms with E-state index in [9.17, 15) is 4.79 Å². The number of aryl methyl sites for hydroxylation is 3. The fourth-order valence-electron chi connectivity index (χ4n) is 6.82. The summed E-state index contributed by atoms with van der Waals surface area (Å²) in [7, 11) is 0. The summed E-state index contributed by atoms with van der Waals surface area (Å²) in [5.74, 6) is 0.829. The number of anilines is 1. The normalized spacial score (nSPS) is 15.1. The van der Waals surface area contributed by atoms with Crippen LogP contribution in [0.3, 0.4) is 0 Å². The van der Waals surface area contributed by atoms with Crippen molar-refractivity contribution in [1.82, 2.24) is 4.90 Å². The number of nitrogens with one attached hydrogen (secondary N) is 1. The van der Waals surface area contributed by atoms with Crippen LogP contribution in [0.4, 0.5) is 5.69 Å². The summed E-state index contributed by atoms with van der Waals surface area (Å²) in [4.78, 5) is 16.1. The van der Waals surface area contributed by atoms with E-state index in [1.54, 1.807) is 0 Å². The average Bonchev–Trinajstić information content (AvgIpc) is 3.44. The van der Waals surface area contributed by atoms with E-state index in [0.717, 1.165) is 52.9 Å². The van der Waals surface area contributed by atoms with Crippen molar-refractivity contribution in [2.75, 3.05) is 18.4 Å². The molecule has 2 heterocycles. The lowest BCUT2D eigenvalue weighted by atomic mass is 9.88. The van der Waals surface area contributed by atoms with Crippen molar-refractivity contribution in [1.29, 1.82) is 0 Å². The zero-order chi connectivity index (χ0) is 30.1. The molecule has 0 bridgehead atoms. The number of likely N-dealkylation sites (N-methyl/N-ethyl adjacent to an activating group) is 1. The van der Waals surface area contributed by atoms with Crippen molar-refractivity contribution in [2.45, 2.75) is 59.0 Å². The van der Waals surface area contributed by atoms with Gasteiger partial charge >= 0.3 is 0 Å². The molecule has 43 heavy (non-hydrogen) atoms. The molecule has 5 aromatic rings. The first-order valence-corrected chi connectivity index (χ1v) is 15.4. The van der Waals surface area contributed by atoms with Crippen molar-refractivity contribution in [2.24, 2.45) is 5.73 Å². The van der Waals surface area contributed by atoms with Crippen LogP contribution in [0.1, 0.15) is 58.3 Å². The number of carbonyl (C=O) groups is 1.